The molecule has 0 aliphatic rings. The minimum Gasteiger partial charge on any atom is -0.493 e. The number of ether oxygens (including phenoxy) is 2. The Morgan fingerprint density at radius 2 is 2.13 bits per heavy atom. The number of amides is 1. The Kier molecular flexibility index (Phi) is 5.56. The molecule has 6 nitrogen and oxygen atoms in total. The standard InChI is InChI=1S/C15H13F2N3O3/c1-22-13-8-10(5-6-12(13)23-15(16)17)9-19-20-14(21)11-4-2-3-7-18-11/h2-9,15H,1H3,(H,20,21). The van der Waals surface area contributed by atoms with Gasteiger partial charge in [-0.1, -0.05) is 6.07 Å². The monoisotopic (exact) mass is 321 g/mol. The number of nitrogens with one attached hydrogen (secondary N) is 1. The number of aromatic nitrogens is 1. The summed E-state index contributed by atoms with van der Waals surface area (Å²) in [5.74, 6) is -0.422. The van der Waals surface area contributed by atoms with Crippen molar-refractivity contribution in [1.29, 1.82) is 0 Å². The van der Waals surface area contributed by atoms with Crippen LogP contribution in [0.25, 0.3) is 0 Å². The maximum atomic E-state index is 12.2. The van der Waals surface area contributed by atoms with Gasteiger partial charge < -0.3 is 9.47 Å². The van der Waals surface area contributed by atoms with Crippen molar-refractivity contribution in [3.05, 3.63) is 53.9 Å². The van der Waals surface area contributed by atoms with Gasteiger partial charge in [0.25, 0.3) is 5.91 Å². The molecule has 1 aromatic carbocycles. The van der Waals surface area contributed by atoms with Gasteiger partial charge in [0, 0.05) is 6.20 Å². The first-order valence-electron chi connectivity index (χ1n) is 6.47. The first-order chi connectivity index (χ1) is 11.1. The van der Waals surface area contributed by atoms with E-state index in [1.165, 1.54) is 37.7 Å². The number of hydrogen-bond donors (Lipinski definition) is 1. The van der Waals surface area contributed by atoms with Crippen LogP contribution in [0.2, 0.25) is 0 Å². The van der Waals surface area contributed by atoms with Crippen LogP contribution in [0.1, 0.15) is 16.1 Å². The number of rotatable bonds is 6. The topological polar surface area (TPSA) is 72.8 Å². The van der Waals surface area contributed by atoms with Crippen LogP contribution in [0, 0.1) is 0 Å². The molecule has 0 saturated heterocycles. The average molecular weight is 321 g/mol. The molecule has 1 N–H and O–H groups in total. The zero-order valence-corrected chi connectivity index (χ0v) is 12.1. The third kappa shape index (κ3) is 4.73. The van der Waals surface area contributed by atoms with Gasteiger partial charge in [-0.15, -0.1) is 0 Å². The Morgan fingerprint density at radius 1 is 1.30 bits per heavy atom. The van der Waals surface area contributed by atoms with Crippen LogP contribution >= 0.6 is 0 Å². The summed E-state index contributed by atoms with van der Waals surface area (Å²) in [5, 5.41) is 3.77. The maximum Gasteiger partial charge on any atom is 0.387 e. The minimum absolute atomic E-state index is 0.0860. The summed E-state index contributed by atoms with van der Waals surface area (Å²) in [6.07, 6.45) is 2.83. The van der Waals surface area contributed by atoms with E-state index in [4.69, 9.17) is 4.74 Å². The number of pyridine rings is 1. The van der Waals surface area contributed by atoms with Gasteiger partial charge in [-0.2, -0.15) is 13.9 Å². The van der Waals surface area contributed by atoms with Gasteiger partial charge >= 0.3 is 6.61 Å². The Balaban J connectivity index is 2.03. The van der Waals surface area contributed by atoms with E-state index in [0.717, 1.165) is 0 Å². The Labute approximate surface area is 130 Å². The molecule has 2 aromatic rings. The summed E-state index contributed by atoms with van der Waals surface area (Å²) in [6.45, 7) is -2.94. The lowest BCUT2D eigenvalue weighted by molar-refractivity contribution is -0.0512. The number of benzene rings is 1. The second-order valence-corrected chi connectivity index (χ2v) is 4.20. The van der Waals surface area contributed by atoms with Gasteiger partial charge in [-0.05, 0) is 35.9 Å². The second-order valence-electron chi connectivity index (χ2n) is 4.20. The SMILES string of the molecule is COc1cc(C=NNC(=O)c2ccccn2)ccc1OC(F)F. The van der Waals surface area contributed by atoms with E-state index in [2.05, 4.69) is 20.2 Å². The lowest BCUT2D eigenvalue weighted by Crippen LogP contribution is -2.18. The Bertz CT molecular complexity index is 694. The number of hydrazone groups is 1. The fourth-order valence-corrected chi connectivity index (χ4v) is 1.68. The number of methoxy groups -OCH3 is 1. The second kappa shape index (κ2) is 7.83. The zero-order valence-electron chi connectivity index (χ0n) is 12.1. The summed E-state index contributed by atoms with van der Waals surface area (Å²) in [6, 6.07) is 9.19. The van der Waals surface area contributed by atoms with Crippen molar-refractivity contribution in [2.24, 2.45) is 5.10 Å². The zero-order chi connectivity index (χ0) is 16.7. The van der Waals surface area contributed by atoms with Gasteiger partial charge in [0.05, 0.1) is 13.3 Å². The van der Waals surface area contributed by atoms with Crippen molar-refractivity contribution < 1.29 is 23.0 Å². The molecule has 0 atom stereocenters. The van der Waals surface area contributed by atoms with Gasteiger partial charge in [0.15, 0.2) is 11.5 Å². The lowest BCUT2D eigenvalue weighted by Gasteiger charge is -2.09. The van der Waals surface area contributed by atoms with Crippen LogP contribution in [0.4, 0.5) is 8.78 Å². The van der Waals surface area contributed by atoms with Gasteiger partial charge in [-0.3, -0.25) is 9.78 Å². The molecule has 8 heteroatoms. The number of nitrogens with zero attached hydrogens (tertiary/aromatic N) is 2. The summed E-state index contributed by atoms with van der Waals surface area (Å²) in [5.41, 5.74) is 3.06. The predicted molar refractivity (Wildman–Crippen MR) is 78.9 cm³/mol. The Hall–Kier alpha value is -3.03. The van der Waals surface area contributed by atoms with E-state index in [1.807, 2.05) is 0 Å². The smallest absolute Gasteiger partial charge is 0.387 e. The van der Waals surface area contributed by atoms with Crippen molar-refractivity contribution in [2.45, 2.75) is 6.61 Å². The van der Waals surface area contributed by atoms with Crippen molar-refractivity contribution >= 4 is 12.1 Å². The molecule has 0 aliphatic heterocycles. The largest absolute Gasteiger partial charge is 0.493 e. The molecule has 0 spiro atoms. The molecule has 0 aliphatic carbocycles. The fourth-order valence-electron chi connectivity index (χ4n) is 1.68. The number of alkyl halides is 2. The van der Waals surface area contributed by atoms with Crippen molar-refractivity contribution in [2.75, 3.05) is 7.11 Å². The third-order valence-electron chi connectivity index (χ3n) is 2.68. The molecule has 120 valence electrons. The molecule has 0 unspecified atom stereocenters. The van der Waals surface area contributed by atoms with E-state index in [9.17, 15) is 13.6 Å². The normalized spacial score (nSPS) is 10.8. The lowest BCUT2D eigenvalue weighted by atomic mass is 10.2. The van der Waals surface area contributed by atoms with Crippen LogP contribution in [-0.2, 0) is 0 Å². The first-order valence-corrected chi connectivity index (χ1v) is 6.47. The highest BCUT2D eigenvalue weighted by Crippen LogP contribution is 2.28. The molecule has 0 fully saturated rings. The highest BCUT2D eigenvalue weighted by Gasteiger charge is 2.10. The maximum absolute atomic E-state index is 12.2. The van der Waals surface area contributed by atoms with Crippen molar-refractivity contribution in [3.8, 4) is 11.5 Å². The molecule has 0 bridgehead atoms. The van der Waals surface area contributed by atoms with E-state index in [0.29, 0.717) is 5.56 Å². The summed E-state index contributed by atoms with van der Waals surface area (Å²) < 4.78 is 33.7. The van der Waals surface area contributed by atoms with E-state index in [1.54, 1.807) is 18.2 Å². The average Bonchev–Trinajstić information content (AvgIpc) is 2.56. The molecule has 0 radical (unpaired) electrons. The number of halogens is 2. The fraction of sp³-hybridized carbons (Fsp3) is 0.133. The van der Waals surface area contributed by atoms with Crippen LogP contribution in [0.5, 0.6) is 11.5 Å². The molecule has 1 amide bonds. The van der Waals surface area contributed by atoms with Crippen molar-refractivity contribution in [3.63, 3.8) is 0 Å². The summed E-state index contributed by atoms with van der Waals surface area (Å²) in [4.78, 5) is 15.6. The van der Waals surface area contributed by atoms with E-state index in [-0.39, 0.29) is 17.2 Å². The van der Waals surface area contributed by atoms with E-state index >= 15 is 0 Å². The third-order valence-corrected chi connectivity index (χ3v) is 2.68. The van der Waals surface area contributed by atoms with Gasteiger partial charge in [0.1, 0.15) is 5.69 Å². The molecule has 23 heavy (non-hydrogen) atoms. The molecule has 1 heterocycles. The number of carbonyl (C=O) groups excluding carboxylic acids is 1. The molecular weight excluding hydrogens is 308 g/mol. The highest BCUT2D eigenvalue weighted by molar-refractivity contribution is 5.93. The molecule has 0 saturated carbocycles. The Morgan fingerprint density at radius 3 is 2.78 bits per heavy atom. The van der Waals surface area contributed by atoms with Crippen molar-refractivity contribution in [1.82, 2.24) is 10.4 Å². The molecule has 1 aromatic heterocycles. The highest BCUT2D eigenvalue weighted by atomic mass is 19.3. The molecule has 2 rings (SSSR count). The van der Waals surface area contributed by atoms with Crippen LogP contribution in [0.3, 0.4) is 0 Å². The number of hydrogen-bond acceptors (Lipinski definition) is 5. The van der Waals surface area contributed by atoms with Gasteiger partial charge in [-0.25, -0.2) is 5.43 Å². The number of carbonyl (C=O) groups is 1. The van der Waals surface area contributed by atoms with Gasteiger partial charge in [0.2, 0.25) is 0 Å². The summed E-state index contributed by atoms with van der Waals surface area (Å²) >= 11 is 0. The van der Waals surface area contributed by atoms with Crippen LogP contribution in [-0.4, -0.2) is 30.8 Å². The van der Waals surface area contributed by atoms with E-state index < -0.39 is 12.5 Å². The quantitative estimate of drug-likeness (QED) is 0.655. The van der Waals surface area contributed by atoms with Crippen LogP contribution < -0.4 is 14.9 Å². The summed E-state index contributed by atoms with van der Waals surface area (Å²) in [7, 11) is 1.33. The van der Waals surface area contributed by atoms with Crippen LogP contribution in [0.15, 0.2) is 47.7 Å². The predicted octanol–water partition coefficient (Wildman–Crippen LogP) is 2.46. The first kappa shape index (κ1) is 16.3. The molecular formula is C15H13F2N3O3. The minimum atomic E-state index is -2.94.